The summed E-state index contributed by atoms with van der Waals surface area (Å²) >= 11 is 0. The Bertz CT molecular complexity index is 835. The summed E-state index contributed by atoms with van der Waals surface area (Å²) in [6.07, 6.45) is -3.15. The van der Waals surface area contributed by atoms with E-state index in [0.717, 1.165) is 25.9 Å². The van der Waals surface area contributed by atoms with Gasteiger partial charge in [0.1, 0.15) is 5.75 Å². The number of carboxylic acids is 2. The van der Waals surface area contributed by atoms with Crippen LogP contribution in [0.15, 0.2) is 24.3 Å². The number of imide groups is 1. The number of rotatable bonds is 5. The van der Waals surface area contributed by atoms with Gasteiger partial charge >= 0.3 is 18.1 Å². The molecule has 2 aliphatic heterocycles. The van der Waals surface area contributed by atoms with Gasteiger partial charge in [-0.25, -0.2) is 4.79 Å². The summed E-state index contributed by atoms with van der Waals surface area (Å²) in [7, 11) is 0. The third-order valence-electron chi connectivity index (χ3n) is 5.01. The molecule has 12 heteroatoms. The van der Waals surface area contributed by atoms with E-state index in [2.05, 4.69) is 5.32 Å². The molecule has 3 rings (SSSR count). The number of nitrogens with zero attached hydrogens (tertiary/aromatic N) is 1. The van der Waals surface area contributed by atoms with Crippen LogP contribution in [0.25, 0.3) is 0 Å². The zero-order chi connectivity index (χ0) is 23.9. The molecule has 2 fully saturated rings. The van der Waals surface area contributed by atoms with E-state index in [1.54, 1.807) is 0 Å². The number of carboxylic acid groups (broad SMARTS) is 2. The van der Waals surface area contributed by atoms with Crippen molar-refractivity contribution in [3.63, 3.8) is 0 Å². The number of piperidine rings is 2. The molecule has 0 unspecified atom stereocenters. The molecule has 176 valence electrons. The molecule has 0 aliphatic carbocycles. The Balaban J connectivity index is 0.000000451. The van der Waals surface area contributed by atoms with Gasteiger partial charge in [0.2, 0.25) is 5.91 Å². The van der Waals surface area contributed by atoms with Gasteiger partial charge in [0.05, 0.1) is 6.54 Å². The van der Waals surface area contributed by atoms with Crippen LogP contribution in [-0.2, 0) is 19.2 Å². The maximum Gasteiger partial charge on any atom is 0.490 e. The second kappa shape index (κ2) is 10.9. The van der Waals surface area contributed by atoms with E-state index in [1.807, 2.05) is 29.2 Å². The molecule has 2 saturated heterocycles. The Morgan fingerprint density at radius 3 is 2.09 bits per heavy atom. The minimum Gasteiger partial charge on any atom is -0.481 e. The van der Waals surface area contributed by atoms with Gasteiger partial charge in [-0.15, -0.1) is 0 Å². The number of alkyl halides is 3. The third-order valence-corrected chi connectivity index (χ3v) is 5.01. The third kappa shape index (κ3) is 7.84. The lowest BCUT2D eigenvalue weighted by Gasteiger charge is -2.31. The Morgan fingerprint density at radius 2 is 1.62 bits per heavy atom. The average Bonchev–Trinajstić information content (AvgIpc) is 2.71. The maximum atomic E-state index is 11.7. The summed E-state index contributed by atoms with van der Waals surface area (Å²) in [5.74, 6) is -3.15. The first-order valence-electron chi connectivity index (χ1n) is 9.80. The van der Waals surface area contributed by atoms with Crippen LogP contribution in [0.2, 0.25) is 0 Å². The van der Waals surface area contributed by atoms with E-state index >= 15 is 0 Å². The summed E-state index contributed by atoms with van der Waals surface area (Å²) in [5, 5.41) is 18.3. The fourth-order valence-electron chi connectivity index (χ4n) is 3.38. The highest BCUT2D eigenvalue weighted by Crippen LogP contribution is 2.29. The molecule has 2 heterocycles. The average molecular weight is 460 g/mol. The smallest absolute Gasteiger partial charge is 0.481 e. The van der Waals surface area contributed by atoms with E-state index in [0.29, 0.717) is 24.5 Å². The van der Waals surface area contributed by atoms with Crippen LogP contribution in [0.3, 0.4) is 0 Å². The van der Waals surface area contributed by atoms with E-state index in [4.69, 9.17) is 19.7 Å². The summed E-state index contributed by atoms with van der Waals surface area (Å²) in [4.78, 5) is 44.5. The number of hydrogen-bond donors (Lipinski definition) is 3. The number of benzene rings is 1. The lowest BCUT2D eigenvalue weighted by Crippen LogP contribution is -2.46. The minimum atomic E-state index is -5.08. The quantitative estimate of drug-likeness (QED) is 0.567. The Labute approximate surface area is 181 Å². The molecular weight excluding hydrogens is 437 g/mol. The molecule has 1 aromatic rings. The van der Waals surface area contributed by atoms with Crippen molar-refractivity contribution in [1.29, 1.82) is 0 Å². The number of likely N-dealkylation sites (tertiary alicyclic amines) is 1. The first kappa shape index (κ1) is 25.1. The van der Waals surface area contributed by atoms with Crippen LogP contribution >= 0.6 is 0 Å². The predicted octanol–water partition coefficient (Wildman–Crippen LogP) is 1.77. The zero-order valence-corrected chi connectivity index (χ0v) is 16.9. The van der Waals surface area contributed by atoms with Crippen molar-refractivity contribution in [3.05, 3.63) is 29.8 Å². The number of amides is 2. The number of carbonyl (C=O) groups excluding carboxylic acids is 2. The summed E-state index contributed by atoms with van der Waals surface area (Å²) in [5.41, 5.74) is 1.20. The zero-order valence-electron chi connectivity index (χ0n) is 16.9. The summed E-state index contributed by atoms with van der Waals surface area (Å²) in [6, 6.07) is 7.70. The molecule has 32 heavy (non-hydrogen) atoms. The number of nitrogens with one attached hydrogen (secondary N) is 1. The Morgan fingerprint density at radius 1 is 1.06 bits per heavy atom. The number of halogens is 3. The van der Waals surface area contributed by atoms with E-state index < -0.39 is 24.2 Å². The van der Waals surface area contributed by atoms with Gasteiger partial charge < -0.3 is 14.9 Å². The van der Waals surface area contributed by atoms with Crippen LogP contribution in [0.5, 0.6) is 5.75 Å². The van der Waals surface area contributed by atoms with Crippen molar-refractivity contribution < 1.29 is 47.3 Å². The summed E-state index contributed by atoms with van der Waals surface area (Å²) in [6.45, 7) is 1.67. The first-order valence-corrected chi connectivity index (χ1v) is 9.80. The van der Waals surface area contributed by atoms with Gasteiger partial charge in [-0.3, -0.25) is 24.6 Å². The van der Waals surface area contributed by atoms with Gasteiger partial charge in [-0.05, 0) is 49.5 Å². The molecular formula is C20H23F3N2O7. The lowest BCUT2D eigenvalue weighted by molar-refractivity contribution is -0.192. The monoisotopic (exact) mass is 460 g/mol. The van der Waals surface area contributed by atoms with Crippen molar-refractivity contribution in [3.8, 4) is 5.75 Å². The Hall–Kier alpha value is -3.15. The highest BCUT2D eigenvalue weighted by atomic mass is 19.4. The molecule has 0 saturated carbocycles. The van der Waals surface area contributed by atoms with Gasteiger partial charge in [0.15, 0.2) is 6.10 Å². The van der Waals surface area contributed by atoms with Crippen molar-refractivity contribution >= 4 is 23.8 Å². The molecule has 0 radical (unpaired) electrons. The fraction of sp³-hybridized carbons (Fsp3) is 0.500. The lowest BCUT2D eigenvalue weighted by atomic mass is 9.89. The van der Waals surface area contributed by atoms with E-state index in [9.17, 15) is 27.6 Å². The topological polar surface area (TPSA) is 133 Å². The molecule has 2 aliphatic rings. The van der Waals surface area contributed by atoms with Crippen LogP contribution in [0.4, 0.5) is 13.2 Å². The predicted molar refractivity (Wildman–Crippen MR) is 103 cm³/mol. The molecule has 2 amide bonds. The highest BCUT2D eigenvalue weighted by Gasteiger charge is 2.38. The van der Waals surface area contributed by atoms with E-state index in [1.165, 1.54) is 5.56 Å². The molecule has 0 bridgehead atoms. The molecule has 3 N–H and O–H groups in total. The summed E-state index contributed by atoms with van der Waals surface area (Å²) < 4.78 is 37.4. The largest absolute Gasteiger partial charge is 0.490 e. The molecule has 1 aromatic carbocycles. The molecule has 1 atom stereocenters. The van der Waals surface area contributed by atoms with Gasteiger partial charge in [0.25, 0.3) is 5.91 Å². The normalized spacial score (nSPS) is 20.0. The number of hydrogen-bond acceptors (Lipinski definition) is 6. The highest BCUT2D eigenvalue weighted by molar-refractivity contribution is 5.99. The van der Waals surface area contributed by atoms with Crippen molar-refractivity contribution in [2.75, 3.05) is 19.6 Å². The van der Waals surface area contributed by atoms with Crippen LogP contribution in [-0.4, -0.2) is 70.8 Å². The number of ether oxygens (including phenoxy) is 1. The van der Waals surface area contributed by atoms with Gasteiger partial charge in [0, 0.05) is 12.8 Å². The van der Waals surface area contributed by atoms with Crippen LogP contribution in [0, 0.1) is 0 Å². The first-order chi connectivity index (χ1) is 15.0. The molecule has 0 spiro atoms. The second-order valence-corrected chi connectivity index (χ2v) is 7.37. The fourth-order valence-corrected chi connectivity index (χ4v) is 3.38. The second-order valence-electron chi connectivity index (χ2n) is 7.37. The van der Waals surface area contributed by atoms with Crippen LogP contribution < -0.4 is 10.1 Å². The van der Waals surface area contributed by atoms with E-state index in [-0.39, 0.29) is 18.4 Å². The van der Waals surface area contributed by atoms with Crippen molar-refractivity contribution in [1.82, 2.24) is 10.2 Å². The number of aliphatic carboxylic acids is 2. The Kier molecular flexibility index (Phi) is 8.58. The standard InChI is InChI=1S/C18H22N2O5.C2HF3O2/c21-16-6-5-15(18(24)19-16)25-14-3-1-12(2-4-14)13-7-9-20(10-8-13)11-17(22)23;3-2(4,5)1(6)7/h1-4,13,15H,5-11H2,(H,22,23)(H,19,21,24);(H,6,7)/t15-;/m1./s1. The van der Waals surface area contributed by atoms with Crippen LogP contribution in [0.1, 0.15) is 37.2 Å². The van der Waals surface area contributed by atoms with Crippen molar-refractivity contribution in [2.24, 2.45) is 0 Å². The maximum absolute atomic E-state index is 11.7. The van der Waals surface area contributed by atoms with Gasteiger partial charge in [-0.1, -0.05) is 12.1 Å². The minimum absolute atomic E-state index is 0.103. The van der Waals surface area contributed by atoms with Crippen molar-refractivity contribution in [2.45, 2.75) is 43.9 Å². The molecule has 9 nitrogen and oxygen atoms in total. The molecule has 0 aromatic heterocycles. The van der Waals surface area contributed by atoms with Gasteiger partial charge in [-0.2, -0.15) is 13.2 Å². The SMILES string of the molecule is O=C(O)C(F)(F)F.O=C(O)CN1CCC(c2ccc(O[C@@H]3CCC(=O)NC3=O)cc2)CC1. The number of carbonyl (C=O) groups is 4.